The standard InChI is InChI=1S/C22H34N6/c1-3-21-10-4-5-13-27(21)15-12-24-22(23-2)25-17-19-8-6-9-20(16-19)18-28-14-7-11-26-28/h6-9,11,14,16,21H,3-5,10,12-13,15,17-18H2,1-2H3,(H2,23,24,25). The van der Waals surface area contributed by atoms with Crippen molar-refractivity contribution in [2.45, 2.75) is 51.7 Å². The normalized spacial score (nSPS) is 18.2. The van der Waals surface area contributed by atoms with Crippen LogP contribution in [0.25, 0.3) is 0 Å². The van der Waals surface area contributed by atoms with E-state index in [0.717, 1.165) is 38.2 Å². The lowest BCUT2D eigenvalue weighted by molar-refractivity contribution is 0.147. The van der Waals surface area contributed by atoms with Gasteiger partial charge in [-0.05, 0) is 43.0 Å². The number of nitrogens with zero attached hydrogens (tertiary/aromatic N) is 4. The molecule has 152 valence electrons. The first kappa shape index (κ1) is 20.4. The third-order valence-electron chi connectivity index (χ3n) is 5.49. The number of aromatic nitrogens is 2. The van der Waals surface area contributed by atoms with E-state index in [2.05, 4.69) is 56.8 Å². The van der Waals surface area contributed by atoms with Crippen molar-refractivity contribution < 1.29 is 0 Å². The largest absolute Gasteiger partial charge is 0.355 e. The molecule has 0 saturated carbocycles. The molecule has 28 heavy (non-hydrogen) atoms. The minimum atomic E-state index is 0.753. The van der Waals surface area contributed by atoms with Gasteiger partial charge in [-0.15, -0.1) is 0 Å². The topological polar surface area (TPSA) is 57.5 Å². The number of piperidine rings is 1. The number of aliphatic imine (C=N–C) groups is 1. The number of guanidine groups is 1. The van der Waals surface area contributed by atoms with E-state index in [1.54, 1.807) is 0 Å². The minimum Gasteiger partial charge on any atom is -0.355 e. The highest BCUT2D eigenvalue weighted by atomic mass is 15.3. The Morgan fingerprint density at radius 2 is 2.11 bits per heavy atom. The van der Waals surface area contributed by atoms with Crippen molar-refractivity contribution in [1.82, 2.24) is 25.3 Å². The highest BCUT2D eigenvalue weighted by Crippen LogP contribution is 2.18. The van der Waals surface area contributed by atoms with E-state index in [1.807, 2.05) is 30.2 Å². The van der Waals surface area contributed by atoms with Crippen molar-refractivity contribution in [2.24, 2.45) is 4.99 Å². The van der Waals surface area contributed by atoms with Gasteiger partial charge in [-0.1, -0.05) is 37.6 Å². The van der Waals surface area contributed by atoms with Gasteiger partial charge >= 0.3 is 0 Å². The molecule has 0 bridgehead atoms. The molecule has 2 heterocycles. The molecule has 2 aromatic rings. The molecule has 1 aliphatic heterocycles. The van der Waals surface area contributed by atoms with Crippen molar-refractivity contribution in [2.75, 3.05) is 26.7 Å². The van der Waals surface area contributed by atoms with E-state index < -0.39 is 0 Å². The average Bonchev–Trinajstić information content (AvgIpc) is 3.24. The summed E-state index contributed by atoms with van der Waals surface area (Å²) in [5.74, 6) is 0.863. The van der Waals surface area contributed by atoms with Crippen molar-refractivity contribution in [1.29, 1.82) is 0 Å². The lowest BCUT2D eigenvalue weighted by Gasteiger charge is -2.35. The van der Waals surface area contributed by atoms with Gasteiger partial charge in [0.25, 0.3) is 0 Å². The molecular weight excluding hydrogens is 348 g/mol. The second-order valence-corrected chi connectivity index (χ2v) is 7.47. The molecule has 1 aromatic carbocycles. The summed E-state index contributed by atoms with van der Waals surface area (Å²) in [6.45, 7) is 7.09. The fraction of sp³-hybridized carbons (Fsp3) is 0.545. The van der Waals surface area contributed by atoms with Crippen molar-refractivity contribution in [3.8, 4) is 0 Å². The Labute approximate surface area is 169 Å². The zero-order valence-corrected chi connectivity index (χ0v) is 17.3. The summed E-state index contributed by atoms with van der Waals surface area (Å²) in [4.78, 5) is 7.00. The number of likely N-dealkylation sites (tertiary alicyclic amines) is 1. The van der Waals surface area contributed by atoms with Crippen LogP contribution in [0.1, 0.15) is 43.7 Å². The lowest BCUT2D eigenvalue weighted by atomic mass is 10.0. The van der Waals surface area contributed by atoms with Crippen LogP contribution in [-0.4, -0.2) is 53.4 Å². The van der Waals surface area contributed by atoms with Crippen molar-refractivity contribution in [3.63, 3.8) is 0 Å². The molecule has 0 amide bonds. The summed E-state index contributed by atoms with van der Waals surface area (Å²) in [5, 5.41) is 11.2. The van der Waals surface area contributed by atoms with Crippen LogP contribution in [0.5, 0.6) is 0 Å². The Morgan fingerprint density at radius 3 is 2.89 bits per heavy atom. The Kier molecular flexibility index (Phi) is 7.91. The van der Waals surface area contributed by atoms with E-state index in [9.17, 15) is 0 Å². The van der Waals surface area contributed by atoms with Crippen molar-refractivity contribution >= 4 is 5.96 Å². The SMILES string of the molecule is CCC1CCCCN1CCNC(=NC)NCc1cccc(Cn2cccn2)c1. The number of rotatable bonds is 8. The summed E-state index contributed by atoms with van der Waals surface area (Å²) in [7, 11) is 1.83. The summed E-state index contributed by atoms with van der Waals surface area (Å²) in [6, 6.07) is 11.3. The lowest BCUT2D eigenvalue weighted by Crippen LogP contribution is -2.45. The molecule has 0 radical (unpaired) electrons. The molecule has 6 nitrogen and oxygen atoms in total. The Morgan fingerprint density at radius 1 is 1.21 bits per heavy atom. The van der Waals surface area contributed by atoms with Crippen LogP contribution < -0.4 is 10.6 Å². The molecule has 1 aromatic heterocycles. The second-order valence-electron chi connectivity index (χ2n) is 7.47. The van der Waals surface area contributed by atoms with E-state index in [0.29, 0.717) is 0 Å². The fourth-order valence-corrected chi connectivity index (χ4v) is 3.96. The molecule has 1 aliphatic rings. The first-order valence-electron chi connectivity index (χ1n) is 10.5. The van der Waals surface area contributed by atoms with E-state index in [1.165, 1.54) is 43.4 Å². The van der Waals surface area contributed by atoms with Crippen LogP contribution in [0.2, 0.25) is 0 Å². The maximum atomic E-state index is 4.37. The smallest absolute Gasteiger partial charge is 0.191 e. The van der Waals surface area contributed by atoms with Gasteiger partial charge in [-0.25, -0.2) is 0 Å². The van der Waals surface area contributed by atoms with Gasteiger partial charge in [0, 0.05) is 45.1 Å². The minimum absolute atomic E-state index is 0.753. The summed E-state index contributed by atoms with van der Waals surface area (Å²) < 4.78 is 1.94. The second kappa shape index (κ2) is 10.9. The summed E-state index contributed by atoms with van der Waals surface area (Å²) >= 11 is 0. The van der Waals surface area contributed by atoms with Gasteiger partial charge in [0.05, 0.1) is 6.54 Å². The maximum absolute atomic E-state index is 4.37. The fourth-order valence-electron chi connectivity index (χ4n) is 3.96. The monoisotopic (exact) mass is 382 g/mol. The van der Waals surface area contributed by atoms with Gasteiger partial charge < -0.3 is 10.6 Å². The van der Waals surface area contributed by atoms with E-state index in [-0.39, 0.29) is 0 Å². The zero-order valence-electron chi connectivity index (χ0n) is 17.3. The Balaban J connectivity index is 1.43. The highest BCUT2D eigenvalue weighted by molar-refractivity contribution is 5.79. The van der Waals surface area contributed by atoms with Gasteiger partial charge in [0.1, 0.15) is 0 Å². The molecule has 6 heteroatoms. The predicted molar refractivity (Wildman–Crippen MR) is 115 cm³/mol. The van der Waals surface area contributed by atoms with Gasteiger partial charge in [0.2, 0.25) is 0 Å². The molecule has 3 rings (SSSR count). The molecular formula is C22H34N6. The molecule has 1 fully saturated rings. The Hall–Kier alpha value is -2.34. The number of hydrogen-bond acceptors (Lipinski definition) is 3. The van der Waals surface area contributed by atoms with Gasteiger partial charge in [-0.3, -0.25) is 14.6 Å². The molecule has 1 atom stereocenters. The van der Waals surface area contributed by atoms with Gasteiger partial charge in [0.15, 0.2) is 5.96 Å². The predicted octanol–water partition coefficient (Wildman–Crippen LogP) is 2.86. The number of benzene rings is 1. The van der Waals surface area contributed by atoms with Crippen LogP contribution in [0.3, 0.4) is 0 Å². The molecule has 1 unspecified atom stereocenters. The van der Waals surface area contributed by atoms with Crippen LogP contribution in [0.15, 0.2) is 47.7 Å². The van der Waals surface area contributed by atoms with Crippen LogP contribution >= 0.6 is 0 Å². The first-order chi connectivity index (χ1) is 13.8. The molecule has 2 N–H and O–H groups in total. The molecule has 0 spiro atoms. The van der Waals surface area contributed by atoms with Gasteiger partial charge in [-0.2, -0.15) is 5.10 Å². The quantitative estimate of drug-likeness (QED) is 0.544. The van der Waals surface area contributed by atoms with Crippen molar-refractivity contribution in [3.05, 3.63) is 53.9 Å². The number of nitrogens with one attached hydrogen (secondary N) is 2. The third-order valence-corrected chi connectivity index (χ3v) is 5.49. The summed E-state index contributed by atoms with van der Waals surface area (Å²) in [5.41, 5.74) is 2.50. The van der Waals surface area contributed by atoms with Crippen LogP contribution in [0.4, 0.5) is 0 Å². The first-order valence-corrected chi connectivity index (χ1v) is 10.5. The number of hydrogen-bond donors (Lipinski definition) is 2. The molecule has 1 saturated heterocycles. The highest BCUT2D eigenvalue weighted by Gasteiger charge is 2.19. The Bertz CT molecular complexity index is 724. The van der Waals surface area contributed by atoms with Crippen LogP contribution in [0, 0.1) is 0 Å². The van der Waals surface area contributed by atoms with E-state index in [4.69, 9.17) is 0 Å². The molecule has 0 aliphatic carbocycles. The maximum Gasteiger partial charge on any atom is 0.191 e. The average molecular weight is 383 g/mol. The van der Waals surface area contributed by atoms with E-state index >= 15 is 0 Å². The van der Waals surface area contributed by atoms with Crippen LogP contribution in [-0.2, 0) is 13.1 Å². The summed E-state index contributed by atoms with van der Waals surface area (Å²) in [6.07, 6.45) is 9.11. The zero-order chi connectivity index (χ0) is 19.6. The third kappa shape index (κ3) is 6.09.